The zero-order valence-corrected chi connectivity index (χ0v) is 30.1. The van der Waals surface area contributed by atoms with Gasteiger partial charge in [0.1, 0.15) is 19.1 Å². The number of fused-ring (bicyclic) bond motifs is 4. The van der Waals surface area contributed by atoms with E-state index in [0.717, 1.165) is 32.1 Å². The van der Waals surface area contributed by atoms with Crippen LogP contribution in [-0.4, -0.2) is 65.2 Å². The molecule has 8 nitrogen and oxygen atoms in total. The zero-order chi connectivity index (χ0) is 26.0. The second kappa shape index (κ2) is 14.2. The molecule has 11 atom stereocenters. The molecule has 4 rings (SSSR count). The number of allylic oxidation sites excluding steroid dienone is 1. The summed E-state index contributed by atoms with van der Waals surface area (Å²) in [7, 11) is 7.63. The van der Waals surface area contributed by atoms with Crippen molar-refractivity contribution in [2.75, 3.05) is 19.6 Å². The van der Waals surface area contributed by atoms with Crippen LogP contribution >= 0.6 is 49.3 Å². The van der Waals surface area contributed by atoms with Gasteiger partial charge in [-0.15, -0.1) is 8.93 Å². The summed E-state index contributed by atoms with van der Waals surface area (Å²) in [5.74, 6) is -1.09. The van der Waals surface area contributed by atoms with E-state index in [1.165, 1.54) is 0 Å². The summed E-state index contributed by atoms with van der Waals surface area (Å²) in [4.78, 5) is 55.6. The van der Waals surface area contributed by atoms with E-state index in [0.29, 0.717) is 34.0 Å². The van der Waals surface area contributed by atoms with Gasteiger partial charge in [0.2, 0.25) is 11.8 Å². The first kappa shape index (κ1) is 32.4. The average Bonchev–Trinajstić information content (AvgIpc) is 3.20. The molecule has 0 aromatic carbocycles. The van der Waals surface area contributed by atoms with Crippen LogP contribution in [0, 0.1) is 23.7 Å². The van der Waals surface area contributed by atoms with Crippen molar-refractivity contribution in [3.05, 3.63) is 12.2 Å². The van der Waals surface area contributed by atoms with E-state index in [9.17, 15) is 19.2 Å². The minimum absolute atomic E-state index is 0. The van der Waals surface area contributed by atoms with E-state index < -0.39 is 26.1 Å². The molecule has 2 saturated heterocycles. The maximum Gasteiger partial charge on any atom is 0.335 e. The van der Waals surface area contributed by atoms with Crippen molar-refractivity contribution in [2.45, 2.75) is 57.0 Å². The van der Waals surface area contributed by atoms with Gasteiger partial charge in [0.15, 0.2) is 0 Å². The van der Waals surface area contributed by atoms with Crippen LogP contribution < -0.4 is 5.32 Å². The molecule has 206 valence electrons. The van der Waals surface area contributed by atoms with Gasteiger partial charge >= 0.3 is 5.97 Å². The fourth-order valence-electron chi connectivity index (χ4n) is 5.78. The third-order valence-electron chi connectivity index (χ3n) is 7.86. The Hall–Kier alpha value is 0.888. The average molecular weight is 792 g/mol. The van der Waals surface area contributed by atoms with Gasteiger partial charge in [-0.3, -0.25) is 9.59 Å². The van der Waals surface area contributed by atoms with Crippen molar-refractivity contribution < 1.29 is 44.8 Å². The number of nitrogens with zero attached hydrogens (tertiary/aromatic N) is 2. The van der Waals surface area contributed by atoms with Crippen LogP contribution in [0.4, 0.5) is 0 Å². The van der Waals surface area contributed by atoms with Crippen LogP contribution in [-0.2, 0) is 44.8 Å². The Bertz CT molecular complexity index is 916. The number of nitrogens with one attached hydrogen (secondary N) is 1. The van der Waals surface area contributed by atoms with Crippen molar-refractivity contribution in [3.8, 4) is 0 Å². The SMILES string of the molecule is C[C@H]1CCCCC/C=C\[C@@H]2C[C@@]2(C(=O)OP(PP)P(P)P)NC(=O)[C@@H]2[C@H]3CN([C-]=O)C[C@H]3CN2C1=O.[W]. The molecular weight excluding hydrogens is 756 g/mol. The molecule has 0 aromatic heterocycles. The first-order valence-electron chi connectivity index (χ1n) is 12.4. The molecule has 3 aliphatic heterocycles. The van der Waals surface area contributed by atoms with Crippen LogP contribution in [0.1, 0.15) is 45.4 Å². The first-order chi connectivity index (χ1) is 17.2. The predicted molar refractivity (Wildman–Crippen MR) is 157 cm³/mol. The summed E-state index contributed by atoms with van der Waals surface area (Å²) >= 11 is 0. The maximum atomic E-state index is 13.9. The topological polar surface area (TPSA) is 96.0 Å². The maximum absolute atomic E-state index is 13.9. The van der Waals surface area contributed by atoms with E-state index in [2.05, 4.69) is 44.3 Å². The third-order valence-corrected chi connectivity index (χ3v) is 26.4. The van der Waals surface area contributed by atoms with Gasteiger partial charge in [-0.2, -0.15) is 6.41 Å². The Labute approximate surface area is 244 Å². The minimum Gasteiger partial charge on any atom is -0.520 e. The number of hydrogen-bond acceptors (Lipinski definition) is 5. The number of amides is 3. The normalized spacial score (nSPS) is 36.0. The minimum atomic E-state index is -1.09. The Balaban J connectivity index is 0.00000380. The van der Waals surface area contributed by atoms with E-state index in [1.54, 1.807) is 9.80 Å². The second-order valence-electron chi connectivity index (χ2n) is 10.3. The molecule has 3 heterocycles. The standard InChI is InChI=1S/C22H36N3O5P6.W/c1-14-7-5-3-2-4-6-8-16-9-22(16,21(29)30-35(34-31)36(32)33)23-19(27)18-17-12-24(13-26)10-15(17)11-25(18)20(14)28;/h6,8,14-18,34H,2-5,7,9-12,31-33H2,1H3,(H,23,27);/q-1;/b8-6-;/t14-,15-,16+,17-,18-,22+,35?;/m0./s1. The smallest absolute Gasteiger partial charge is 0.335 e. The Morgan fingerprint density at radius 3 is 2.68 bits per heavy atom. The molecule has 4 aliphatic rings. The van der Waals surface area contributed by atoms with E-state index in [-0.39, 0.29) is 62.5 Å². The number of carbonyl (C=O) groups is 3. The van der Waals surface area contributed by atoms with Gasteiger partial charge < -0.3 is 24.4 Å². The molecule has 1 saturated carbocycles. The number of carbonyl (C=O) groups excluding carboxylic acids is 4. The molecule has 1 aliphatic carbocycles. The number of rotatable bonds is 5. The molecule has 15 heteroatoms. The van der Waals surface area contributed by atoms with Crippen molar-refractivity contribution in [2.24, 2.45) is 23.7 Å². The van der Waals surface area contributed by atoms with E-state index in [1.807, 2.05) is 13.3 Å². The van der Waals surface area contributed by atoms with E-state index >= 15 is 0 Å². The quantitative estimate of drug-likeness (QED) is 0.257. The molecule has 3 amide bonds. The van der Waals surface area contributed by atoms with E-state index in [4.69, 9.17) is 4.52 Å². The van der Waals surface area contributed by atoms with Gasteiger partial charge in [-0.1, -0.05) is 49.8 Å². The van der Waals surface area contributed by atoms with Gasteiger partial charge in [0.25, 0.3) is 0 Å². The first-order valence-corrected chi connectivity index (χ1v) is 22.6. The Kier molecular flexibility index (Phi) is 12.4. The molecule has 0 aromatic rings. The van der Waals surface area contributed by atoms with Crippen LogP contribution in [0.15, 0.2) is 12.2 Å². The zero-order valence-electron chi connectivity index (χ0n) is 20.9. The molecule has 3 fully saturated rings. The second-order valence-corrected chi connectivity index (χ2v) is 27.7. The van der Waals surface area contributed by atoms with Crippen molar-refractivity contribution >= 4 is 73.5 Å². The van der Waals surface area contributed by atoms with Gasteiger partial charge in [0.05, 0.1) is 0 Å². The number of hydrogen-bond donors (Lipinski definition) is 1. The van der Waals surface area contributed by atoms with Gasteiger partial charge in [-0.25, -0.2) is 4.79 Å². The summed E-state index contributed by atoms with van der Waals surface area (Å²) in [6.07, 6.45) is 11.4. The summed E-state index contributed by atoms with van der Waals surface area (Å²) < 4.78 is 5.97. The monoisotopic (exact) mass is 792 g/mol. The summed E-state index contributed by atoms with van der Waals surface area (Å²) in [6, 6.07) is -0.700. The van der Waals surface area contributed by atoms with Crippen LogP contribution in [0.2, 0.25) is 0 Å². The van der Waals surface area contributed by atoms with Crippen molar-refractivity contribution in [1.29, 1.82) is 0 Å². The molecule has 0 spiro atoms. The number of likely N-dealkylation sites (tertiary alicyclic amines) is 1. The van der Waals surface area contributed by atoms with Crippen LogP contribution in [0.5, 0.6) is 0 Å². The Morgan fingerprint density at radius 2 is 2.00 bits per heavy atom. The molecule has 0 radical (unpaired) electrons. The fraction of sp³-hybridized carbons (Fsp3) is 0.727. The third kappa shape index (κ3) is 7.21. The molecular formula is C22H36N3O5P6W-. The fourth-order valence-corrected chi connectivity index (χ4v) is 24.6. The summed E-state index contributed by atoms with van der Waals surface area (Å²) in [6.45, 7) is 2.71. The van der Waals surface area contributed by atoms with Gasteiger partial charge in [0, 0.05) is 52.4 Å². The molecule has 5 unspecified atom stereocenters. The van der Waals surface area contributed by atoms with Gasteiger partial charge in [-0.05, 0) is 52.6 Å². The van der Waals surface area contributed by atoms with Crippen LogP contribution in [0.3, 0.4) is 0 Å². The Morgan fingerprint density at radius 1 is 1.24 bits per heavy atom. The van der Waals surface area contributed by atoms with Crippen molar-refractivity contribution in [1.82, 2.24) is 15.1 Å². The molecule has 37 heavy (non-hydrogen) atoms. The largest absolute Gasteiger partial charge is 0.520 e. The summed E-state index contributed by atoms with van der Waals surface area (Å²) in [5, 5.41) is 3.08. The summed E-state index contributed by atoms with van der Waals surface area (Å²) in [5.41, 5.74) is -1.09. The van der Waals surface area contributed by atoms with Crippen molar-refractivity contribution in [3.63, 3.8) is 0 Å². The molecule has 1 N–H and O–H groups in total. The molecule has 0 bridgehead atoms. The van der Waals surface area contributed by atoms with Crippen LogP contribution in [0.25, 0.3) is 0 Å². The predicted octanol–water partition coefficient (Wildman–Crippen LogP) is 4.14.